The maximum absolute atomic E-state index is 13.0. The second-order valence-corrected chi connectivity index (χ2v) is 4.31. The van der Waals surface area contributed by atoms with Crippen LogP contribution >= 0.6 is 11.6 Å². The van der Waals surface area contributed by atoms with E-state index < -0.39 is 5.82 Å². The summed E-state index contributed by atoms with van der Waals surface area (Å²) in [6, 6.07) is 7.68. The van der Waals surface area contributed by atoms with E-state index in [9.17, 15) is 9.50 Å². The number of aryl methyl sites for hydroxylation is 1. The zero-order valence-electron chi connectivity index (χ0n) is 9.74. The molecule has 1 aromatic carbocycles. The lowest BCUT2D eigenvalue weighted by Gasteiger charge is -2.08. The van der Waals surface area contributed by atoms with Crippen molar-refractivity contribution in [2.75, 3.05) is 5.32 Å². The molecule has 0 amide bonds. The zero-order valence-corrected chi connectivity index (χ0v) is 10.5. The molecule has 0 unspecified atom stereocenters. The van der Waals surface area contributed by atoms with Gasteiger partial charge in [-0.2, -0.15) is 0 Å². The van der Waals surface area contributed by atoms with E-state index in [1.165, 1.54) is 12.1 Å². The first kappa shape index (κ1) is 12.6. The highest BCUT2D eigenvalue weighted by molar-refractivity contribution is 6.31. The fraction of sp³-hybridized carbons (Fsp3) is 0.154. The lowest BCUT2D eigenvalue weighted by molar-refractivity contribution is 0.464. The van der Waals surface area contributed by atoms with Crippen LogP contribution < -0.4 is 5.32 Å². The summed E-state index contributed by atoms with van der Waals surface area (Å²) in [5.74, 6) is -0.333. The maximum atomic E-state index is 13.0. The van der Waals surface area contributed by atoms with Gasteiger partial charge in [-0.15, -0.1) is 0 Å². The van der Waals surface area contributed by atoms with E-state index in [1.807, 2.05) is 6.92 Å². The van der Waals surface area contributed by atoms with Gasteiger partial charge in [0, 0.05) is 11.4 Å². The lowest BCUT2D eigenvalue weighted by atomic mass is 10.2. The Morgan fingerprint density at radius 2 is 2.11 bits per heavy atom. The van der Waals surface area contributed by atoms with Crippen molar-refractivity contribution in [2.24, 2.45) is 0 Å². The molecule has 5 heteroatoms. The topological polar surface area (TPSA) is 45.1 Å². The van der Waals surface area contributed by atoms with E-state index in [1.54, 1.807) is 18.2 Å². The Morgan fingerprint density at radius 1 is 1.33 bits per heavy atom. The predicted molar refractivity (Wildman–Crippen MR) is 69.4 cm³/mol. The van der Waals surface area contributed by atoms with Gasteiger partial charge in [-0.05, 0) is 37.3 Å². The lowest BCUT2D eigenvalue weighted by Crippen LogP contribution is -2.03. The second-order valence-electron chi connectivity index (χ2n) is 3.90. The van der Waals surface area contributed by atoms with Gasteiger partial charge in [-0.3, -0.25) is 4.98 Å². The first-order valence-electron chi connectivity index (χ1n) is 5.40. The number of nitrogens with one attached hydrogen (secondary N) is 1. The van der Waals surface area contributed by atoms with Crippen LogP contribution in [0.2, 0.25) is 5.02 Å². The van der Waals surface area contributed by atoms with Crippen LogP contribution in [0.4, 0.5) is 10.1 Å². The largest absolute Gasteiger partial charge is 0.506 e. The van der Waals surface area contributed by atoms with Gasteiger partial charge in [0.2, 0.25) is 0 Å². The summed E-state index contributed by atoms with van der Waals surface area (Å²) in [6.45, 7) is 2.19. The van der Waals surface area contributed by atoms with Gasteiger partial charge >= 0.3 is 0 Å². The number of benzene rings is 1. The molecule has 2 N–H and O–H groups in total. The molecule has 0 bridgehead atoms. The molecule has 0 radical (unpaired) electrons. The minimum Gasteiger partial charge on any atom is -0.506 e. The van der Waals surface area contributed by atoms with Crippen LogP contribution in [0.3, 0.4) is 0 Å². The molecule has 0 fully saturated rings. The second kappa shape index (κ2) is 5.23. The van der Waals surface area contributed by atoms with Crippen LogP contribution in [0.25, 0.3) is 0 Å². The fourth-order valence-corrected chi connectivity index (χ4v) is 1.71. The highest BCUT2D eigenvalue weighted by Crippen LogP contribution is 2.21. The van der Waals surface area contributed by atoms with E-state index in [4.69, 9.17) is 11.6 Å². The molecule has 0 saturated carbocycles. The highest BCUT2D eigenvalue weighted by Gasteiger charge is 2.04. The van der Waals surface area contributed by atoms with E-state index in [2.05, 4.69) is 10.3 Å². The molecule has 0 aliphatic rings. The van der Waals surface area contributed by atoms with Crippen LogP contribution in [0.1, 0.15) is 11.4 Å². The number of hydrogen-bond donors (Lipinski definition) is 2. The number of nitrogens with zero attached hydrogens (tertiary/aromatic N) is 1. The Hall–Kier alpha value is -1.81. The van der Waals surface area contributed by atoms with Gasteiger partial charge in [-0.25, -0.2) is 4.39 Å². The quantitative estimate of drug-likeness (QED) is 0.894. The first-order chi connectivity index (χ1) is 8.56. The van der Waals surface area contributed by atoms with Crippen molar-refractivity contribution < 1.29 is 9.50 Å². The van der Waals surface area contributed by atoms with E-state index in [-0.39, 0.29) is 10.8 Å². The molecule has 2 aromatic rings. The van der Waals surface area contributed by atoms with Gasteiger partial charge in [0.15, 0.2) is 0 Å². The number of aromatic nitrogens is 1. The smallest absolute Gasteiger partial charge is 0.141 e. The van der Waals surface area contributed by atoms with Crippen molar-refractivity contribution in [3.63, 3.8) is 0 Å². The third-order valence-corrected chi connectivity index (χ3v) is 2.76. The molecule has 2 rings (SSSR count). The molecule has 94 valence electrons. The van der Waals surface area contributed by atoms with Crippen molar-refractivity contribution in [3.8, 4) is 5.75 Å². The number of halogens is 2. The van der Waals surface area contributed by atoms with Crippen LogP contribution in [-0.2, 0) is 6.54 Å². The molecule has 0 aliphatic heterocycles. The average molecular weight is 267 g/mol. The van der Waals surface area contributed by atoms with Gasteiger partial charge in [0.05, 0.1) is 11.6 Å². The number of rotatable bonds is 3. The van der Waals surface area contributed by atoms with Gasteiger partial charge < -0.3 is 10.4 Å². The Morgan fingerprint density at radius 3 is 2.83 bits per heavy atom. The zero-order chi connectivity index (χ0) is 13.1. The fourth-order valence-electron chi connectivity index (χ4n) is 1.53. The summed E-state index contributed by atoms with van der Waals surface area (Å²) < 4.78 is 13.0. The molecule has 0 aliphatic carbocycles. The number of aromatic hydroxyl groups is 1. The van der Waals surface area contributed by atoms with Crippen molar-refractivity contribution >= 4 is 17.3 Å². The minimum atomic E-state index is -0.459. The van der Waals surface area contributed by atoms with Crippen LogP contribution in [0.5, 0.6) is 5.75 Å². The van der Waals surface area contributed by atoms with Gasteiger partial charge in [0.25, 0.3) is 0 Å². The summed E-state index contributed by atoms with van der Waals surface area (Å²) >= 11 is 5.67. The first-order valence-corrected chi connectivity index (χ1v) is 5.78. The normalized spacial score (nSPS) is 10.4. The third-order valence-electron chi connectivity index (χ3n) is 2.47. The van der Waals surface area contributed by atoms with Gasteiger partial charge in [0.1, 0.15) is 17.3 Å². The standard InChI is InChI=1S/C13H12ClFN2O/c1-8-2-5-13(18)12(17-8)7-16-9-3-4-11(15)10(14)6-9/h2-6,16,18H,7H2,1H3. The third kappa shape index (κ3) is 2.90. The summed E-state index contributed by atoms with van der Waals surface area (Å²) in [6.07, 6.45) is 0. The Bertz CT molecular complexity index is 575. The highest BCUT2D eigenvalue weighted by atomic mass is 35.5. The molecule has 1 heterocycles. The summed E-state index contributed by atoms with van der Waals surface area (Å²) in [7, 11) is 0. The molecule has 1 aromatic heterocycles. The van der Waals surface area contributed by atoms with Crippen LogP contribution in [-0.4, -0.2) is 10.1 Å². The van der Waals surface area contributed by atoms with Crippen LogP contribution in [0, 0.1) is 12.7 Å². The van der Waals surface area contributed by atoms with Crippen molar-refractivity contribution in [2.45, 2.75) is 13.5 Å². The Labute approximate surface area is 109 Å². The number of anilines is 1. The molecule has 0 atom stereocenters. The molecule has 0 saturated heterocycles. The summed E-state index contributed by atoms with van der Waals surface area (Å²) in [5.41, 5.74) is 2.03. The monoisotopic (exact) mass is 266 g/mol. The molecular weight excluding hydrogens is 255 g/mol. The SMILES string of the molecule is Cc1ccc(O)c(CNc2ccc(F)c(Cl)c2)n1. The maximum Gasteiger partial charge on any atom is 0.141 e. The summed E-state index contributed by atoms with van der Waals surface area (Å²) in [4.78, 5) is 4.21. The van der Waals surface area contributed by atoms with Crippen LogP contribution in [0.15, 0.2) is 30.3 Å². The number of hydrogen-bond acceptors (Lipinski definition) is 3. The average Bonchev–Trinajstić information content (AvgIpc) is 2.34. The number of pyridine rings is 1. The van der Waals surface area contributed by atoms with Crippen molar-refractivity contribution in [1.82, 2.24) is 4.98 Å². The van der Waals surface area contributed by atoms with E-state index in [0.29, 0.717) is 17.9 Å². The predicted octanol–water partition coefficient (Wildman–Crippen LogP) is 3.50. The van der Waals surface area contributed by atoms with Crippen molar-refractivity contribution in [1.29, 1.82) is 0 Å². The molecule has 3 nitrogen and oxygen atoms in total. The summed E-state index contributed by atoms with van der Waals surface area (Å²) in [5, 5.41) is 12.7. The van der Waals surface area contributed by atoms with Gasteiger partial charge in [-0.1, -0.05) is 11.6 Å². The van der Waals surface area contributed by atoms with Crippen molar-refractivity contribution in [3.05, 3.63) is 52.6 Å². The Kier molecular flexibility index (Phi) is 3.67. The molecule has 18 heavy (non-hydrogen) atoms. The molecule has 0 spiro atoms. The molecular formula is C13H12ClFN2O. The van der Waals surface area contributed by atoms with E-state index >= 15 is 0 Å². The Balaban J connectivity index is 2.11. The minimum absolute atomic E-state index is 0.0569. The van der Waals surface area contributed by atoms with E-state index in [0.717, 1.165) is 5.69 Å².